The average Bonchev–Trinajstić information content (AvgIpc) is 2.66. The number of carbonyl (C=O) groups excluding carboxylic acids is 1. The van der Waals surface area contributed by atoms with Crippen LogP contribution in [0, 0.1) is 17.5 Å². The lowest BCUT2D eigenvalue weighted by Crippen LogP contribution is -2.14. The zero-order valence-corrected chi connectivity index (χ0v) is 14.2. The van der Waals surface area contributed by atoms with Crippen molar-refractivity contribution in [3.05, 3.63) is 89.4 Å². The van der Waals surface area contributed by atoms with Gasteiger partial charge in [-0.3, -0.25) is 4.79 Å². The fourth-order valence-corrected chi connectivity index (χ4v) is 2.44. The molecule has 0 saturated heterocycles. The monoisotopic (exact) mass is 371 g/mol. The van der Waals surface area contributed by atoms with Gasteiger partial charge in [-0.15, -0.1) is 0 Å². The van der Waals surface area contributed by atoms with Crippen LogP contribution in [0.3, 0.4) is 0 Å². The van der Waals surface area contributed by atoms with Crippen molar-refractivity contribution in [2.24, 2.45) is 0 Å². The topological polar surface area (TPSA) is 54.0 Å². The van der Waals surface area contributed by atoms with Gasteiger partial charge in [-0.05, 0) is 48.4 Å². The minimum atomic E-state index is -0.852. The largest absolute Gasteiger partial charge is 0.370 e. The molecule has 0 spiro atoms. The van der Waals surface area contributed by atoms with Crippen molar-refractivity contribution in [2.75, 3.05) is 17.2 Å². The molecule has 0 unspecified atom stereocenters. The molecule has 1 heterocycles. The van der Waals surface area contributed by atoms with Gasteiger partial charge in [0.25, 0.3) is 5.91 Å². The molecule has 7 heteroatoms. The van der Waals surface area contributed by atoms with Crippen LogP contribution in [0.15, 0.2) is 60.8 Å². The predicted octanol–water partition coefficient (Wildman–Crippen LogP) is 4.41. The standard InChI is InChI=1S/C20H16F3N3O/c21-15-3-1-13(2-4-15)7-9-24-19-11-14(8-10-25-19)20(27)26-18-6-5-16(22)12-17(18)23/h1-6,8,10-12H,7,9H2,(H,24,25)(H,26,27). The van der Waals surface area contributed by atoms with Gasteiger partial charge in [-0.1, -0.05) is 12.1 Å². The second-order valence-corrected chi connectivity index (χ2v) is 5.81. The van der Waals surface area contributed by atoms with E-state index >= 15 is 0 Å². The molecule has 0 radical (unpaired) electrons. The number of rotatable bonds is 6. The molecular formula is C20H16F3N3O. The Balaban J connectivity index is 1.60. The summed E-state index contributed by atoms with van der Waals surface area (Å²) in [6, 6.07) is 12.1. The molecular weight excluding hydrogens is 355 g/mol. The van der Waals surface area contributed by atoms with E-state index in [4.69, 9.17) is 0 Å². The second kappa shape index (κ2) is 8.35. The van der Waals surface area contributed by atoms with Crippen LogP contribution in [0.25, 0.3) is 0 Å². The summed E-state index contributed by atoms with van der Waals surface area (Å²) in [4.78, 5) is 16.4. The molecule has 2 aromatic carbocycles. The minimum absolute atomic E-state index is 0.107. The summed E-state index contributed by atoms with van der Waals surface area (Å²) < 4.78 is 39.5. The molecule has 0 atom stereocenters. The number of nitrogens with one attached hydrogen (secondary N) is 2. The normalized spacial score (nSPS) is 10.5. The highest BCUT2D eigenvalue weighted by Gasteiger charge is 2.11. The Labute approximate surface area is 154 Å². The molecule has 27 heavy (non-hydrogen) atoms. The Morgan fingerprint density at radius 2 is 1.67 bits per heavy atom. The predicted molar refractivity (Wildman–Crippen MR) is 97.1 cm³/mol. The van der Waals surface area contributed by atoms with Gasteiger partial charge in [-0.25, -0.2) is 18.2 Å². The van der Waals surface area contributed by atoms with Gasteiger partial charge in [0.05, 0.1) is 5.69 Å². The maximum atomic E-state index is 13.7. The molecule has 0 fully saturated rings. The number of aromatic nitrogens is 1. The zero-order valence-electron chi connectivity index (χ0n) is 14.2. The van der Waals surface area contributed by atoms with E-state index in [1.165, 1.54) is 30.5 Å². The van der Waals surface area contributed by atoms with Gasteiger partial charge in [0, 0.05) is 24.4 Å². The zero-order chi connectivity index (χ0) is 19.2. The Kier molecular flexibility index (Phi) is 5.71. The van der Waals surface area contributed by atoms with Gasteiger partial charge in [0.2, 0.25) is 0 Å². The maximum Gasteiger partial charge on any atom is 0.255 e. The summed E-state index contributed by atoms with van der Waals surface area (Å²) in [5, 5.41) is 5.47. The van der Waals surface area contributed by atoms with Crippen molar-refractivity contribution in [3.8, 4) is 0 Å². The SMILES string of the molecule is O=C(Nc1ccc(F)cc1F)c1ccnc(NCCc2ccc(F)cc2)c1. The molecule has 3 rings (SSSR count). The maximum absolute atomic E-state index is 13.7. The van der Waals surface area contributed by atoms with Crippen molar-refractivity contribution in [1.82, 2.24) is 4.98 Å². The van der Waals surface area contributed by atoms with E-state index in [2.05, 4.69) is 15.6 Å². The van der Waals surface area contributed by atoms with Crippen molar-refractivity contribution in [2.45, 2.75) is 6.42 Å². The van der Waals surface area contributed by atoms with E-state index in [-0.39, 0.29) is 17.1 Å². The summed E-state index contributed by atoms with van der Waals surface area (Å²) in [6.45, 7) is 0.538. The average molecular weight is 371 g/mol. The Bertz CT molecular complexity index is 945. The molecule has 0 aliphatic carbocycles. The van der Waals surface area contributed by atoms with Crippen LogP contribution < -0.4 is 10.6 Å². The van der Waals surface area contributed by atoms with Crippen LogP contribution in [0.2, 0.25) is 0 Å². The first-order chi connectivity index (χ1) is 13.0. The van der Waals surface area contributed by atoms with Gasteiger partial charge in [-0.2, -0.15) is 0 Å². The lowest BCUT2D eigenvalue weighted by molar-refractivity contribution is 0.102. The molecule has 138 valence electrons. The molecule has 4 nitrogen and oxygen atoms in total. The molecule has 3 aromatic rings. The van der Waals surface area contributed by atoms with Gasteiger partial charge in [0.15, 0.2) is 0 Å². The fraction of sp³-hybridized carbons (Fsp3) is 0.100. The fourth-order valence-electron chi connectivity index (χ4n) is 2.44. The van der Waals surface area contributed by atoms with E-state index in [9.17, 15) is 18.0 Å². The van der Waals surface area contributed by atoms with E-state index in [1.807, 2.05) is 0 Å². The van der Waals surface area contributed by atoms with Crippen LogP contribution >= 0.6 is 0 Å². The van der Waals surface area contributed by atoms with Crippen LogP contribution in [0.5, 0.6) is 0 Å². The van der Waals surface area contributed by atoms with E-state index < -0.39 is 17.5 Å². The second-order valence-electron chi connectivity index (χ2n) is 5.81. The summed E-state index contributed by atoms with van der Waals surface area (Å²) in [5.41, 5.74) is 1.13. The quantitative estimate of drug-likeness (QED) is 0.675. The number of nitrogens with zero attached hydrogens (tertiary/aromatic N) is 1. The number of hydrogen-bond acceptors (Lipinski definition) is 3. The Morgan fingerprint density at radius 3 is 2.41 bits per heavy atom. The summed E-state index contributed by atoms with van der Waals surface area (Å²) >= 11 is 0. The Morgan fingerprint density at radius 1 is 0.926 bits per heavy atom. The first-order valence-electron chi connectivity index (χ1n) is 8.22. The van der Waals surface area contributed by atoms with E-state index in [0.717, 1.165) is 17.7 Å². The van der Waals surface area contributed by atoms with Crippen LogP contribution in [-0.2, 0) is 6.42 Å². The number of halogens is 3. The molecule has 0 bridgehead atoms. The number of benzene rings is 2. The third-order valence-corrected chi connectivity index (χ3v) is 3.83. The highest BCUT2D eigenvalue weighted by Crippen LogP contribution is 2.17. The molecule has 1 aromatic heterocycles. The van der Waals surface area contributed by atoms with E-state index in [1.54, 1.807) is 12.1 Å². The number of carbonyl (C=O) groups is 1. The highest BCUT2D eigenvalue weighted by atomic mass is 19.1. The van der Waals surface area contributed by atoms with Crippen molar-refractivity contribution < 1.29 is 18.0 Å². The summed E-state index contributed by atoms with van der Waals surface area (Å²) in [6.07, 6.45) is 2.11. The first kappa shape index (κ1) is 18.4. The highest BCUT2D eigenvalue weighted by molar-refractivity contribution is 6.04. The third kappa shape index (κ3) is 5.07. The minimum Gasteiger partial charge on any atom is -0.370 e. The lowest BCUT2D eigenvalue weighted by atomic mass is 10.1. The Hall–Kier alpha value is -3.35. The van der Waals surface area contributed by atoms with Crippen molar-refractivity contribution in [1.29, 1.82) is 0 Å². The molecule has 0 saturated carbocycles. The van der Waals surface area contributed by atoms with Gasteiger partial charge >= 0.3 is 0 Å². The van der Waals surface area contributed by atoms with Gasteiger partial charge in [0.1, 0.15) is 23.3 Å². The lowest BCUT2D eigenvalue weighted by Gasteiger charge is -2.09. The molecule has 2 N–H and O–H groups in total. The summed E-state index contributed by atoms with van der Waals surface area (Å²) in [5.74, 6) is -1.92. The first-order valence-corrected chi connectivity index (χ1v) is 8.22. The van der Waals surface area contributed by atoms with E-state index in [0.29, 0.717) is 24.8 Å². The van der Waals surface area contributed by atoms with Crippen LogP contribution in [-0.4, -0.2) is 17.4 Å². The number of pyridine rings is 1. The molecule has 0 aliphatic heterocycles. The van der Waals surface area contributed by atoms with Crippen LogP contribution in [0.1, 0.15) is 15.9 Å². The van der Waals surface area contributed by atoms with Crippen LogP contribution in [0.4, 0.5) is 24.7 Å². The number of hydrogen-bond donors (Lipinski definition) is 2. The third-order valence-electron chi connectivity index (χ3n) is 3.83. The molecule has 1 amide bonds. The summed E-state index contributed by atoms with van der Waals surface area (Å²) in [7, 11) is 0. The molecule has 0 aliphatic rings. The van der Waals surface area contributed by atoms with Crippen molar-refractivity contribution in [3.63, 3.8) is 0 Å². The number of amides is 1. The van der Waals surface area contributed by atoms with Crippen molar-refractivity contribution >= 4 is 17.4 Å². The number of anilines is 2. The van der Waals surface area contributed by atoms with Gasteiger partial charge < -0.3 is 10.6 Å². The smallest absolute Gasteiger partial charge is 0.255 e.